The average molecular weight is 245 g/mol. The molecule has 0 saturated carbocycles. The fourth-order valence-electron chi connectivity index (χ4n) is 1.93. The van der Waals surface area contributed by atoms with E-state index in [9.17, 15) is 0 Å². The van der Waals surface area contributed by atoms with E-state index in [1.165, 1.54) is 0 Å². The zero-order valence-electron chi connectivity index (χ0n) is 10.9. The lowest BCUT2D eigenvalue weighted by Crippen LogP contribution is -2.20. The van der Waals surface area contributed by atoms with Crippen molar-refractivity contribution in [3.05, 3.63) is 42.0 Å². The summed E-state index contributed by atoms with van der Waals surface area (Å²) in [6.07, 6.45) is 6.64. The Morgan fingerprint density at radius 3 is 2.94 bits per heavy atom. The SMILES string of the molecule is CCNC(CC)c1cn(Cc2cccnc2)nn1. The molecule has 0 fully saturated rings. The summed E-state index contributed by atoms with van der Waals surface area (Å²) in [5.74, 6) is 0. The molecule has 1 unspecified atom stereocenters. The van der Waals surface area contributed by atoms with Crippen LogP contribution in [0.4, 0.5) is 0 Å². The molecule has 2 heterocycles. The van der Waals surface area contributed by atoms with Crippen LogP contribution in [0.2, 0.25) is 0 Å². The van der Waals surface area contributed by atoms with Crippen LogP contribution in [0, 0.1) is 0 Å². The summed E-state index contributed by atoms with van der Waals surface area (Å²) in [5.41, 5.74) is 2.13. The van der Waals surface area contributed by atoms with E-state index in [-0.39, 0.29) is 6.04 Å². The minimum atomic E-state index is 0.289. The molecule has 2 aromatic rings. The molecule has 5 nitrogen and oxygen atoms in total. The van der Waals surface area contributed by atoms with Crippen molar-refractivity contribution in [2.24, 2.45) is 0 Å². The zero-order chi connectivity index (χ0) is 12.8. The first-order valence-electron chi connectivity index (χ1n) is 6.35. The third-order valence-corrected chi connectivity index (χ3v) is 2.84. The summed E-state index contributed by atoms with van der Waals surface area (Å²) in [6, 6.07) is 4.26. The molecule has 1 atom stereocenters. The van der Waals surface area contributed by atoms with Gasteiger partial charge in [0, 0.05) is 12.4 Å². The Balaban J connectivity index is 2.06. The van der Waals surface area contributed by atoms with Gasteiger partial charge in [0.15, 0.2) is 0 Å². The van der Waals surface area contributed by atoms with E-state index in [1.807, 2.05) is 29.2 Å². The number of pyridine rings is 1. The molecule has 1 N–H and O–H groups in total. The van der Waals surface area contributed by atoms with E-state index in [0.29, 0.717) is 6.54 Å². The zero-order valence-corrected chi connectivity index (χ0v) is 10.9. The van der Waals surface area contributed by atoms with Gasteiger partial charge in [-0.15, -0.1) is 5.10 Å². The molecule has 2 rings (SSSR count). The Kier molecular flexibility index (Phi) is 4.41. The molecule has 96 valence electrons. The normalized spacial score (nSPS) is 12.6. The first-order chi connectivity index (χ1) is 8.83. The predicted molar refractivity (Wildman–Crippen MR) is 70.1 cm³/mol. The molecule has 0 saturated heterocycles. The third-order valence-electron chi connectivity index (χ3n) is 2.84. The highest BCUT2D eigenvalue weighted by Crippen LogP contribution is 2.13. The van der Waals surface area contributed by atoms with Crippen LogP contribution in [0.25, 0.3) is 0 Å². The van der Waals surface area contributed by atoms with Gasteiger partial charge in [0.2, 0.25) is 0 Å². The maximum absolute atomic E-state index is 4.23. The summed E-state index contributed by atoms with van der Waals surface area (Å²) in [4.78, 5) is 4.09. The predicted octanol–water partition coefficient (Wildman–Crippen LogP) is 1.78. The summed E-state index contributed by atoms with van der Waals surface area (Å²) in [5, 5.41) is 11.8. The lowest BCUT2D eigenvalue weighted by Gasteiger charge is -2.11. The summed E-state index contributed by atoms with van der Waals surface area (Å²) in [7, 11) is 0. The molecule has 0 spiro atoms. The van der Waals surface area contributed by atoms with Gasteiger partial charge < -0.3 is 5.32 Å². The van der Waals surface area contributed by atoms with Crippen LogP contribution in [0.15, 0.2) is 30.7 Å². The number of hydrogen-bond donors (Lipinski definition) is 1. The van der Waals surface area contributed by atoms with Gasteiger partial charge in [0.1, 0.15) is 0 Å². The highest BCUT2D eigenvalue weighted by molar-refractivity contribution is 5.09. The summed E-state index contributed by atoms with van der Waals surface area (Å²) in [6.45, 7) is 5.90. The monoisotopic (exact) mass is 245 g/mol. The van der Waals surface area contributed by atoms with Crippen LogP contribution in [0.3, 0.4) is 0 Å². The summed E-state index contributed by atoms with van der Waals surface area (Å²) < 4.78 is 1.85. The molecule has 0 aromatic carbocycles. The molecule has 0 aliphatic rings. The van der Waals surface area contributed by atoms with Gasteiger partial charge in [-0.25, -0.2) is 4.68 Å². The van der Waals surface area contributed by atoms with Crippen molar-refractivity contribution >= 4 is 0 Å². The van der Waals surface area contributed by atoms with Crippen molar-refractivity contribution in [1.82, 2.24) is 25.3 Å². The number of nitrogens with zero attached hydrogens (tertiary/aromatic N) is 4. The number of nitrogens with one attached hydrogen (secondary N) is 1. The van der Waals surface area contributed by atoms with Crippen LogP contribution in [-0.4, -0.2) is 26.5 Å². The fraction of sp³-hybridized carbons (Fsp3) is 0.462. The molecular weight excluding hydrogens is 226 g/mol. The standard InChI is InChI=1S/C13H19N5/c1-3-12(15-4-2)13-10-18(17-16-13)9-11-6-5-7-14-8-11/h5-8,10,12,15H,3-4,9H2,1-2H3. The second kappa shape index (κ2) is 6.26. The topological polar surface area (TPSA) is 55.6 Å². The van der Waals surface area contributed by atoms with Crippen LogP contribution in [0.5, 0.6) is 0 Å². The summed E-state index contributed by atoms with van der Waals surface area (Å²) >= 11 is 0. The third kappa shape index (κ3) is 3.13. The van der Waals surface area contributed by atoms with Crippen molar-refractivity contribution in [3.63, 3.8) is 0 Å². The van der Waals surface area contributed by atoms with Gasteiger partial charge in [-0.3, -0.25) is 4.98 Å². The minimum Gasteiger partial charge on any atom is -0.309 e. The van der Waals surface area contributed by atoms with E-state index in [4.69, 9.17) is 0 Å². The second-order valence-corrected chi connectivity index (χ2v) is 4.22. The van der Waals surface area contributed by atoms with Crippen molar-refractivity contribution in [2.45, 2.75) is 32.9 Å². The van der Waals surface area contributed by atoms with Crippen LogP contribution < -0.4 is 5.32 Å². The molecule has 18 heavy (non-hydrogen) atoms. The van der Waals surface area contributed by atoms with Gasteiger partial charge in [-0.1, -0.05) is 25.1 Å². The molecule has 0 bridgehead atoms. The van der Waals surface area contributed by atoms with Gasteiger partial charge >= 0.3 is 0 Å². The Labute approximate surface area is 107 Å². The average Bonchev–Trinajstić information content (AvgIpc) is 2.85. The molecule has 0 radical (unpaired) electrons. The van der Waals surface area contributed by atoms with Gasteiger partial charge in [-0.05, 0) is 24.6 Å². The van der Waals surface area contributed by atoms with Crippen LogP contribution in [-0.2, 0) is 6.54 Å². The van der Waals surface area contributed by atoms with Crippen molar-refractivity contribution in [1.29, 1.82) is 0 Å². The Morgan fingerprint density at radius 1 is 1.39 bits per heavy atom. The lowest BCUT2D eigenvalue weighted by molar-refractivity contribution is 0.523. The molecule has 0 aliphatic heterocycles. The maximum Gasteiger partial charge on any atom is 0.0996 e. The van der Waals surface area contributed by atoms with Crippen LogP contribution >= 0.6 is 0 Å². The van der Waals surface area contributed by atoms with Crippen molar-refractivity contribution < 1.29 is 0 Å². The van der Waals surface area contributed by atoms with E-state index in [1.54, 1.807) is 6.20 Å². The first-order valence-corrected chi connectivity index (χ1v) is 6.35. The van der Waals surface area contributed by atoms with Gasteiger partial charge in [0.25, 0.3) is 0 Å². The number of rotatable bonds is 6. The van der Waals surface area contributed by atoms with Crippen molar-refractivity contribution in [3.8, 4) is 0 Å². The number of aromatic nitrogens is 4. The van der Waals surface area contributed by atoms with Gasteiger partial charge in [0.05, 0.1) is 24.5 Å². The quantitative estimate of drug-likeness (QED) is 0.843. The largest absolute Gasteiger partial charge is 0.309 e. The second-order valence-electron chi connectivity index (χ2n) is 4.22. The first kappa shape index (κ1) is 12.7. The molecular formula is C13H19N5. The highest BCUT2D eigenvalue weighted by Gasteiger charge is 2.11. The Morgan fingerprint density at radius 2 is 2.28 bits per heavy atom. The van der Waals surface area contributed by atoms with Gasteiger partial charge in [-0.2, -0.15) is 0 Å². The molecule has 0 aliphatic carbocycles. The molecule has 5 heteroatoms. The van der Waals surface area contributed by atoms with Crippen molar-refractivity contribution in [2.75, 3.05) is 6.54 Å². The Hall–Kier alpha value is -1.75. The maximum atomic E-state index is 4.23. The minimum absolute atomic E-state index is 0.289. The Bertz CT molecular complexity index is 465. The van der Waals surface area contributed by atoms with E-state index in [2.05, 4.69) is 34.5 Å². The lowest BCUT2D eigenvalue weighted by atomic mass is 10.2. The molecule has 2 aromatic heterocycles. The fourth-order valence-corrected chi connectivity index (χ4v) is 1.93. The highest BCUT2D eigenvalue weighted by atomic mass is 15.4. The van der Waals surface area contributed by atoms with E-state index in [0.717, 1.165) is 24.2 Å². The molecule has 0 amide bonds. The smallest absolute Gasteiger partial charge is 0.0996 e. The van der Waals surface area contributed by atoms with E-state index >= 15 is 0 Å². The van der Waals surface area contributed by atoms with E-state index < -0.39 is 0 Å². The van der Waals surface area contributed by atoms with Crippen LogP contribution in [0.1, 0.15) is 37.6 Å². The number of hydrogen-bond acceptors (Lipinski definition) is 4.